The first-order valence-corrected chi connectivity index (χ1v) is 5.45. The van der Waals surface area contributed by atoms with Crippen molar-refractivity contribution in [3.63, 3.8) is 0 Å². The van der Waals surface area contributed by atoms with Crippen LogP contribution in [0.25, 0.3) is 22.6 Å². The lowest BCUT2D eigenvalue weighted by atomic mass is 10.2. The first-order valence-electron chi connectivity index (χ1n) is 5.45. The second-order valence-electron chi connectivity index (χ2n) is 4.07. The highest BCUT2D eigenvalue weighted by Crippen LogP contribution is 2.14. The Balaban J connectivity index is 2.28. The van der Waals surface area contributed by atoms with E-state index < -0.39 is 0 Å². The summed E-state index contributed by atoms with van der Waals surface area (Å²) in [7, 11) is 0. The van der Waals surface area contributed by atoms with Gasteiger partial charge < -0.3 is 9.51 Å². The van der Waals surface area contributed by atoms with Gasteiger partial charge >= 0.3 is 0 Å². The van der Waals surface area contributed by atoms with Gasteiger partial charge in [0.05, 0.1) is 10.9 Å². The molecule has 0 aliphatic rings. The molecule has 6 heteroatoms. The van der Waals surface area contributed by atoms with Crippen molar-refractivity contribution in [2.45, 2.75) is 13.8 Å². The van der Waals surface area contributed by atoms with E-state index in [9.17, 15) is 4.79 Å². The molecule has 1 aromatic carbocycles. The second kappa shape index (κ2) is 3.76. The molecule has 0 bridgehead atoms. The predicted octanol–water partition coefficient (Wildman–Crippen LogP) is 1.59. The van der Waals surface area contributed by atoms with E-state index in [2.05, 4.69) is 20.1 Å². The number of nitrogens with one attached hydrogen (secondary N) is 1. The number of fused-ring (bicyclic) bond motifs is 1. The SMILES string of the molecule is Cc1ccc2nc(-c3noc(C)n3)[nH]c(=O)c2c1. The normalized spacial score (nSPS) is 11.0. The van der Waals surface area contributed by atoms with Gasteiger partial charge in [-0.15, -0.1) is 0 Å². The van der Waals surface area contributed by atoms with E-state index in [4.69, 9.17) is 4.52 Å². The van der Waals surface area contributed by atoms with Crippen molar-refractivity contribution >= 4 is 10.9 Å². The molecule has 0 amide bonds. The minimum absolute atomic E-state index is 0.207. The molecule has 3 rings (SSSR count). The number of benzene rings is 1. The summed E-state index contributed by atoms with van der Waals surface area (Å²) in [5.74, 6) is 1.02. The van der Waals surface area contributed by atoms with Crippen LogP contribution in [0, 0.1) is 13.8 Å². The minimum Gasteiger partial charge on any atom is -0.339 e. The van der Waals surface area contributed by atoms with Gasteiger partial charge in [0.2, 0.25) is 11.7 Å². The molecule has 0 aliphatic heterocycles. The van der Waals surface area contributed by atoms with Gasteiger partial charge in [0, 0.05) is 6.92 Å². The number of hydrogen-bond donors (Lipinski definition) is 1. The molecule has 0 saturated heterocycles. The van der Waals surface area contributed by atoms with Gasteiger partial charge in [-0.3, -0.25) is 4.79 Å². The highest BCUT2D eigenvalue weighted by atomic mass is 16.5. The zero-order chi connectivity index (χ0) is 12.7. The Morgan fingerprint density at radius 2 is 2.06 bits per heavy atom. The highest BCUT2D eigenvalue weighted by molar-refractivity contribution is 5.79. The van der Waals surface area contributed by atoms with Crippen molar-refractivity contribution in [3.05, 3.63) is 40.0 Å². The third-order valence-electron chi connectivity index (χ3n) is 2.60. The molecule has 0 spiro atoms. The van der Waals surface area contributed by atoms with Gasteiger partial charge in [-0.1, -0.05) is 16.8 Å². The lowest BCUT2D eigenvalue weighted by Gasteiger charge is -2.00. The van der Waals surface area contributed by atoms with Crippen LogP contribution >= 0.6 is 0 Å². The first kappa shape index (κ1) is 10.6. The quantitative estimate of drug-likeness (QED) is 0.700. The second-order valence-corrected chi connectivity index (χ2v) is 4.07. The van der Waals surface area contributed by atoms with E-state index in [0.717, 1.165) is 5.56 Å². The third kappa shape index (κ3) is 1.67. The molecule has 90 valence electrons. The van der Waals surface area contributed by atoms with Crippen LogP contribution in [0.3, 0.4) is 0 Å². The van der Waals surface area contributed by atoms with Gasteiger partial charge in [-0.2, -0.15) is 4.98 Å². The lowest BCUT2D eigenvalue weighted by molar-refractivity contribution is 0.394. The third-order valence-corrected chi connectivity index (χ3v) is 2.60. The number of aryl methyl sites for hydroxylation is 2. The van der Waals surface area contributed by atoms with E-state index in [1.54, 1.807) is 19.1 Å². The fourth-order valence-corrected chi connectivity index (χ4v) is 1.75. The maximum Gasteiger partial charge on any atom is 0.259 e. The van der Waals surface area contributed by atoms with Crippen LogP contribution in [0.2, 0.25) is 0 Å². The number of nitrogens with zero attached hydrogens (tertiary/aromatic N) is 3. The zero-order valence-corrected chi connectivity index (χ0v) is 9.89. The molecular weight excluding hydrogens is 232 g/mol. The van der Waals surface area contributed by atoms with Crippen molar-refractivity contribution in [3.8, 4) is 11.6 Å². The zero-order valence-electron chi connectivity index (χ0n) is 9.89. The molecule has 2 aromatic heterocycles. The molecule has 0 radical (unpaired) electrons. The fourth-order valence-electron chi connectivity index (χ4n) is 1.75. The van der Waals surface area contributed by atoms with Crippen LogP contribution in [-0.2, 0) is 0 Å². The van der Waals surface area contributed by atoms with Gasteiger partial charge in [0.1, 0.15) is 0 Å². The fraction of sp³-hybridized carbons (Fsp3) is 0.167. The molecule has 6 nitrogen and oxygen atoms in total. The van der Waals surface area contributed by atoms with E-state index in [1.807, 2.05) is 13.0 Å². The number of aromatic amines is 1. The molecule has 1 N–H and O–H groups in total. The van der Waals surface area contributed by atoms with Gasteiger partial charge in [0.15, 0.2) is 5.82 Å². The van der Waals surface area contributed by atoms with E-state index in [-0.39, 0.29) is 11.4 Å². The van der Waals surface area contributed by atoms with Crippen LogP contribution < -0.4 is 5.56 Å². The highest BCUT2D eigenvalue weighted by Gasteiger charge is 2.10. The maximum absolute atomic E-state index is 12.0. The van der Waals surface area contributed by atoms with Crippen molar-refractivity contribution in [2.24, 2.45) is 0 Å². The Morgan fingerprint density at radius 1 is 1.22 bits per heavy atom. The summed E-state index contributed by atoms with van der Waals surface area (Å²) in [6.45, 7) is 3.61. The summed E-state index contributed by atoms with van der Waals surface area (Å²) in [4.78, 5) is 23.0. The molecule has 0 saturated carbocycles. The Kier molecular flexibility index (Phi) is 2.22. The van der Waals surface area contributed by atoms with Crippen molar-refractivity contribution in [1.29, 1.82) is 0 Å². The number of hydrogen-bond acceptors (Lipinski definition) is 5. The molecule has 0 aliphatic carbocycles. The predicted molar refractivity (Wildman–Crippen MR) is 65.1 cm³/mol. The summed E-state index contributed by atoms with van der Waals surface area (Å²) < 4.78 is 4.87. The molecule has 0 atom stereocenters. The summed E-state index contributed by atoms with van der Waals surface area (Å²) in [6, 6.07) is 5.50. The average molecular weight is 242 g/mol. The van der Waals surface area contributed by atoms with E-state index in [1.165, 1.54) is 0 Å². The molecule has 0 unspecified atom stereocenters. The van der Waals surface area contributed by atoms with Crippen LogP contribution in [0.1, 0.15) is 11.5 Å². The monoisotopic (exact) mass is 242 g/mol. The molecule has 3 aromatic rings. The van der Waals surface area contributed by atoms with E-state index >= 15 is 0 Å². The van der Waals surface area contributed by atoms with Crippen LogP contribution in [0.5, 0.6) is 0 Å². The first-order chi connectivity index (χ1) is 8.63. The Bertz CT molecular complexity index is 788. The van der Waals surface area contributed by atoms with Crippen LogP contribution in [0.4, 0.5) is 0 Å². The summed E-state index contributed by atoms with van der Waals surface area (Å²) in [5.41, 5.74) is 1.42. The molecule has 0 fully saturated rings. The lowest BCUT2D eigenvalue weighted by Crippen LogP contribution is -2.10. The van der Waals surface area contributed by atoms with Crippen LogP contribution in [-0.4, -0.2) is 20.1 Å². The molecule has 2 heterocycles. The topological polar surface area (TPSA) is 84.7 Å². The maximum atomic E-state index is 12.0. The number of H-pyrrole nitrogens is 1. The van der Waals surface area contributed by atoms with Gasteiger partial charge in [0.25, 0.3) is 5.56 Å². The standard InChI is InChI=1S/C12H10N4O2/c1-6-3-4-9-8(5-6)12(17)15-10(14-9)11-13-7(2)18-16-11/h3-5H,1-2H3,(H,14,15,17). The van der Waals surface area contributed by atoms with Crippen molar-refractivity contribution in [1.82, 2.24) is 20.1 Å². The van der Waals surface area contributed by atoms with Gasteiger partial charge in [-0.25, -0.2) is 4.98 Å². The smallest absolute Gasteiger partial charge is 0.259 e. The van der Waals surface area contributed by atoms with E-state index in [0.29, 0.717) is 22.6 Å². The Labute approximate surface area is 102 Å². The van der Waals surface area contributed by atoms with Crippen molar-refractivity contribution in [2.75, 3.05) is 0 Å². The average Bonchev–Trinajstić information content (AvgIpc) is 2.77. The van der Waals surface area contributed by atoms with Gasteiger partial charge in [-0.05, 0) is 19.1 Å². The van der Waals surface area contributed by atoms with Crippen molar-refractivity contribution < 1.29 is 4.52 Å². The summed E-state index contributed by atoms with van der Waals surface area (Å²) >= 11 is 0. The minimum atomic E-state index is -0.207. The number of rotatable bonds is 1. The Hall–Kier alpha value is -2.50. The molecule has 18 heavy (non-hydrogen) atoms. The summed E-state index contributed by atoms with van der Waals surface area (Å²) in [5, 5.41) is 4.29. The molecular formula is C12H10N4O2. The largest absolute Gasteiger partial charge is 0.339 e. The number of aromatic nitrogens is 4. The van der Waals surface area contributed by atoms with Crippen LogP contribution in [0.15, 0.2) is 27.5 Å². The summed E-state index contributed by atoms with van der Waals surface area (Å²) in [6.07, 6.45) is 0. The Morgan fingerprint density at radius 3 is 2.78 bits per heavy atom.